The second-order valence-electron chi connectivity index (χ2n) is 6.52. The summed E-state index contributed by atoms with van der Waals surface area (Å²) >= 11 is 0.734. The van der Waals surface area contributed by atoms with Crippen molar-refractivity contribution in [2.45, 2.75) is 35.0 Å². The van der Waals surface area contributed by atoms with Gasteiger partial charge in [0.15, 0.2) is 10.9 Å². The van der Waals surface area contributed by atoms with Crippen LogP contribution in [0.4, 0.5) is 15.7 Å². The van der Waals surface area contributed by atoms with E-state index < -0.39 is 21.0 Å². The molecule has 14 heteroatoms. The number of Topliss-reactive ketones (excluding diaryl/α,β-unsaturated/α-hetero) is 1. The fraction of sp³-hybridized carbons (Fsp3) is 0.312. The molecule has 1 aliphatic carbocycles. The number of amides is 2. The number of carbonyl (C=O) groups excluding carboxylic acids is 2. The number of aromatic nitrogens is 6. The van der Waals surface area contributed by atoms with Gasteiger partial charge in [0, 0.05) is 12.1 Å². The summed E-state index contributed by atoms with van der Waals surface area (Å²) in [4.78, 5) is 33.1. The Morgan fingerprint density at radius 1 is 1.17 bits per heavy atom. The zero-order valence-corrected chi connectivity index (χ0v) is 17.0. The molecule has 0 radical (unpaired) electrons. The first-order valence-corrected chi connectivity index (χ1v) is 11.3. The number of pyridine rings is 1. The van der Waals surface area contributed by atoms with Gasteiger partial charge in [-0.15, -0.1) is 0 Å². The van der Waals surface area contributed by atoms with Crippen molar-refractivity contribution in [3.05, 3.63) is 30.1 Å². The molecule has 1 saturated carbocycles. The molecule has 0 spiro atoms. The molecule has 1 aliphatic rings. The van der Waals surface area contributed by atoms with E-state index >= 15 is 0 Å². The van der Waals surface area contributed by atoms with Crippen LogP contribution in [0.25, 0.3) is 0 Å². The molecule has 2 amide bonds. The number of rotatable bonds is 6. The van der Waals surface area contributed by atoms with E-state index in [1.807, 2.05) is 0 Å². The van der Waals surface area contributed by atoms with Crippen LogP contribution in [-0.4, -0.2) is 50.8 Å². The van der Waals surface area contributed by atoms with Gasteiger partial charge in [0.25, 0.3) is 15.0 Å². The van der Waals surface area contributed by atoms with Gasteiger partial charge >= 0.3 is 6.03 Å². The van der Waals surface area contributed by atoms with Crippen molar-refractivity contribution >= 4 is 43.9 Å². The van der Waals surface area contributed by atoms with E-state index in [0.29, 0.717) is 5.56 Å². The predicted octanol–water partition coefficient (Wildman–Crippen LogP) is 1.90. The number of tetrazole rings is 1. The van der Waals surface area contributed by atoms with E-state index in [4.69, 9.17) is 0 Å². The van der Waals surface area contributed by atoms with Crippen LogP contribution in [0.15, 0.2) is 33.9 Å². The Hall–Kier alpha value is -3.26. The monoisotopic (exact) mass is 448 g/mol. The molecule has 0 unspecified atom stereocenters. The Bertz CT molecular complexity index is 1170. The Balaban J connectivity index is 1.46. The second-order valence-corrected chi connectivity index (χ2v) is 9.64. The highest BCUT2D eigenvalue weighted by Gasteiger charge is 2.27. The number of H-pyrrole nitrogens is 1. The molecule has 3 aromatic heterocycles. The third kappa shape index (κ3) is 4.04. The standard InChI is InChI=1S/C16H16N8O4S2/c25-12(9-4-1-2-5-9)10-6-3-7-17-13(10)19-14(26)20-15-18-8-11(29-15)30(27,28)16-21-23-24-22-16/h3,6-9H,1-2,4-5H2,(H,21,22,23,24)(H2,17,18,19,20,26). The van der Waals surface area contributed by atoms with Gasteiger partial charge in [0.2, 0.25) is 0 Å². The zero-order chi connectivity index (χ0) is 21.1. The first-order chi connectivity index (χ1) is 14.4. The van der Waals surface area contributed by atoms with Gasteiger partial charge in [-0.25, -0.2) is 28.3 Å². The number of ketones is 1. The summed E-state index contributed by atoms with van der Waals surface area (Å²) < 4.78 is 24.6. The highest BCUT2D eigenvalue weighted by atomic mass is 32.2. The van der Waals surface area contributed by atoms with Crippen LogP contribution in [0.5, 0.6) is 0 Å². The van der Waals surface area contributed by atoms with Gasteiger partial charge < -0.3 is 0 Å². The molecule has 0 aliphatic heterocycles. The van der Waals surface area contributed by atoms with E-state index in [0.717, 1.165) is 43.2 Å². The molecule has 30 heavy (non-hydrogen) atoms. The number of anilines is 2. The lowest BCUT2D eigenvalue weighted by atomic mass is 9.97. The molecule has 1 fully saturated rings. The van der Waals surface area contributed by atoms with Crippen LogP contribution in [0.3, 0.4) is 0 Å². The number of aromatic amines is 1. The lowest BCUT2D eigenvalue weighted by molar-refractivity contribution is 0.0923. The van der Waals surface area contributed by atoms with E-state index in [-0.39, 0.29) is 26.9 Å². The van der Waals surface area contributed by atoms with Gasteiger partial charge in [-0.3, -0.25) is 15.4 Å². The fourth-order valence-electron chi connectivity index (χ4n) is 3.15. The first kappa shape index (κ1) is 20.0. The predicted molar refractivity (Wildman–Crippen MR) is 105 cm³/mol. The maximum atomic E-state index is 12.7. The third-order valence-corrected chi connectivity index (χ3v) is 7.51. The topological polar surface area (TPSA) is 173 Å². The number of nitrogens with zero attached hydrogens (tertiary/aromatic N) is 5. The number of nitrogens with one attached hydrogen (secondary N) is 3. The van der Waals surface area contributed by atoms with Crippen molar-refractivity contribution in [2.75, 3.05) is 10.6 Å². The summed E-state index contributed by atoms with van der Waals surface area (Å²) in [6, 6.07) is 2.57. The van der Waals surface area contributed by atoms with Crippen LogP contribution in [0.2, 0.25) is 0 Å². The molecule has 0 saturated heterocycles. The normalized spacial score (nSPS) is 14.5. The van der Waals surface area contributed by atoms with E-state index in [2.05, 4.69) is 41.2 Å². The first-order valence-electron chi connectivity index (χ1n) is 8.97. The fourth-order valence-corrected chi connectivity index (χ4v) is 5.29. The van der Waals surface area contributed by atoms with Crippen LogP contribution in [-0.2, 0) is 9.84 Å². The largest absolute Gasteiger partial charge is 0.326 e. The summed E-state index contributed by atoms with van der Waals surface area (Å²) in [6.45, 7) is 0. The Kier molecular flexibility index (Phi) is 5.50. The van der Waals surface area contributed by atoms with E-state index in [1.165, 1.54) is 6.20 Å². The third-order valence-electron chi connectivity index (χ3n) is 4.58. The SMILES string of the molecule is O=C(Nc1ncc(S(=O)(=O)c2nnn[nH]2)s1)Nc1ncccc1C(=O)C1CCCC1. The van der Waals surface area contributed by atoms with Crippen molar-refractivity contribution in [3.63, 3.8) is 0 Å². The molecule has 4 rings (SSSR count). The zero-order valence-electron chi connectivity index (χ0n) is 15.4. The number of urea groups is 1. The smallest absolute Gasteiger partial charge is 0.294 e. The van der Waals surface area contributed by atoms with Gasteiger partial charge in [-0.05, 0) is 35.4 Å². The molecule has 0 bridgehead atoms. The highest BCUT2D eigenvalue weighted by molar-refractivity contribution is 7.93. The van der Waals surface area contributed by atoms with E-state index in [9.17, 15) is 18.0 Å². The molecule has 0 atom stereocenters. The van der Waals surface area contributed by atoms with Crippen LogP contribution in [0, 0.1) is 5.92 Å². The Labute approximate surface area is 174 Å². The molecule has 3 heterocycles. The quantitative estimate of drug-likeness (QED) is 0.476. The molecular formula is C16H16N8O4S2. The van der Waals surface area contributed by atoms with Gasteiger partial charge in [0.05, 0.1) is 11.8 Å². The summed E-state index contributed by atoms with van der Waals surface area (Å²) in [5.41, 5.74) is 0.347. The number of hydrogen-bond donors (Lipinski definition) is 3. The number of hydrogen-bond acceptors (Lipinski definition) is 10. The molecule has 3 N–H and O–H groups in total. The van der Waals surface area contributed by atoms with Crippen LogP contribution in [0.1, 0.15) is 36.0 Å². The molecule has 3 aromatic rings. The molecule has 156 valence electrons. The number of sulfone groups is 1. The summed E-state index contributed by atoms with van der Waals surface area (Å²) in [5.74, 6) is 0.0401. The van der Waals surface area contributed by atoms with Crippen molar-refractivity contribution in [1.82, 2.24) is 30.6 Å². The number of thiazole rings is 1. The maximum absolute atomic E-state index is 12.7. The van der Waals surface area contributed by atoms with Gasteiger partial charge in [-0.1, -0.05) is 29.3 Å². The molecule has 0 aromatic carbocycles. The minimum absolute atomic E-state index is 0.0400. The highest BCUT2D eigenvalue weighted by Crippen LogP contribution is 2.30. The van der Waals surface area contributed by atoms with E-state index in [1.54, 1.807) is 12.1 Å². The Morgan fingerprint density at radius 3 is 2.70 bits per heavy atom. The molecule has 12 nitrogen and oxygen atoms in total. The second kappa shape index (κ2) is 8.23. The molecular weight excluding hydrogens is 432 g/mol. The van der Waals surface area contributed by atoms with Crippen molar-refractivity contribution < 1.29 is 18.0 Å². The lowest BCUT2D eigenvalue weighted by Crippen LogP contribution is -2.23. The van der Waals surface area contributed by atoms with Crippen LogP contribution >= 0.6 is 11.3 Å². The summed E-state index contributed by atoms with van der Waals surface area (Å²) in [7, 11) is -3.96. The minimum Gasteiger partial charge on any atom is -0.294 e. The van der Waals surface area contributed by atoms with Crippen molar-refractivity contribution in [3.8, 4) is 0 Å². The Morgan fingerprint density at radius 2 is 1.97 bits per heavy atom. The number of carbonyl (C=O) groups is 2. The van der Waals surface area contributed by atoms with Crippen LogP contribution < -0.4 is 10.6 Å². The van der Waals surface area contributed by atoms with Gasteiger partial charge in [-0.2, -0.15) is 0 Å². The lowest BCUT2D eigenvalue weighted by Gasteiger charge is -2.12. The van der Waals surface area contributed by atoms with Gasteiger partial charge in [0.1, 0.15) is 10.0 Å². The average Bonchev–Trinajstić information content (AvgIpc) is 3.50. The van der Waals surface area contributed by atoms with Crippen molar-refractivity contribution in [2.24, 2.45) is 5.92 Å². The maximum Gasteiger partial charge on any atom is 0.326 e. The minimum atomic E-state index is -3.96. The van der Waals surface area contributed by atoms with Crippen molar-refractivity contribution in [1.29, 1.82) is 0 Å². The summed E-state index contributed by atoms with van der Waals surface area (Å²) in [6.07, 6.45) is 6.25. The summed E-state index contributed by atoms with van der Waals surface area (Å²) in [5, 5.41) is 16.6. The average molecular weight is 448 g/mol.